The molecule has 0 heterocycles. The van der Waals surface area contributed by atoms with Crippen molar-refractivity contribution in [1.29, 1.82) is 0 Å². The first-order valence-electron chi connectivity index (χ1n) is 6.42. The highest BCUT2D eigenvalue weighted by atomic mass is 19.2. The minimum atomic E-state index is -0.969. The number of carbonyl (C=O) groups is 1. The summed E-state index contributed by atoms with van der Waals surface area (Å²) in [6, 6.07) is 3.82. The van der Waals surface area contributed by atoms with Gasteiger partial charge in [-0.05, 0) is 18.9 Å². The van der Waals surface area contributed by atoms with E-state index in [9.17, 15) is 13.6 Å². The van der Waals surface area contributed by atoms with Crippen LogP contribution < -0.4 is 11.1 Å². The van der Waals surface area contributed by atoms with E-state index in [1.54, 1.807) is 0 Å². The number of hydrogen-bond donors (Lipinski definition) is 2. The summed E-state index contributed by atoms with van der Waals surface area (Å²) in [6.45, 7) is 4.18. The van der Waals surface area contributed by atoms with E-state index in [1.165, 1.54) is 12.1 Å². The third kappa shape index (κ3) is 3.73. The first-order chi connectivity index (χ1) is 8.98. The molecule has 0 radical (unpaired) electrons. The van der Waals surface area contributed by atoms with E-state index in [-0.39, 0.29) is 17.9 Å². The van der Waals surface area contributed by atoms with E-state index in [0.717, 1.165) is 6.07 Å². The molecule has 3 N–H and O–H groups in total. The van der Waals surface area contributed by atoms with Gasteiger partial charge in [-0.15, -0.1) is 0 Å². The van der Waals surface area contributed by atoms with Crippen molar-refractivity contribution in [3.63, 3.8) is 0 Å². The Morgan fingerprint density at radius 3 is 2.47 bits per heavy atom. The molecule has 0 saturated carbocycles. The predicted molar refractivity (Wildman–Crippen MR) is 70.6 cm³/mol. The molecule has 1 aromatic carbocycles. The summed E-state index contributed by atoms with van der Waals surface area (Å²) in [6.07, 6.45) is 1.19. The fourth-order valence-corrected chi connectivity index (χ4v) is 1.96. The number of halogens is 2. The van der Waals surface area contributed by atoms with Gasteiger partial charge in [0, 0.05) is 12.1 Å². The van der Waals surface area contributed by atoms with Crippen LogP contribution in [0.25, 0.3) is 0 Å². The smallest absolute Gasteiger partial charge is 0.225 e. The van der Waals surface area contributed by atoms with Crippen LogP contribution in [0.1, 0.15) is 32.3 Å². The summed E-state index contributed by atoms with van der Waals surface area (Å²) >= 11 is 0. The number of carbonyl (C=O) groups excluding carboxylic acids is 1. The molecule has 0 aliphatic rings. The van der Waals surface area contributed by atoms with Gasteiger partial charge >= 0.3 is 0 Å². The average molecular weight is 270 g/mol. The molecule has 1 aromatic rings. The van der Waals surface area contributed by atoms with Gasteiger partial charge in [0.25, 0.3) is 0 Å². The van der Waals surface area contributed by atoms with Crippen molar-refractivity contribution in [3.05, 3.63) is 35.4 Å². The molecular weight excluding hydrogens is 250 g/mol. The van der Waals surface area contributed by atoms with Gasteiger partial charge in [-0.3, -0.25) is 4.79 Å². The summed E-state index contributed by atoms with van der Waals surface area (Å²) in [5, 5.41) is 2.82. The van der Waals surface area contributed by atoms with Crippen LogP contribution in [0.5, 0.6) is 0 Å². The zero-order chi connectivity index (χ0) is 14.5. The first-order valence-corrected chi connectivity index (χ1v) is 6.42. The lowest BCUT2D eigenvalue weighted by atomic mass is 9.92. The summed E-state index contributed by atoms with van der Waals surface area (Å²) in [5.41, 5.74) is 5.26. The topological polar surface area (TPSA) is 55.1 Å². The molecule has 0 unspecified atom stereocenters. The van der Waals surface area contributed by atoms with Gasteiger partial charge in [-0.1, -0.05) is 26.0 Å². The highest BCUT2D eigenvalue weighted by Gasteiger charge is 2.26. The standard InChI is InChI=1S/C14H20F2N2O/c1-3-14(4-2,9-17)18-12(19)8-10-6-5-7-11(15)13(10)16/h5-7H,3-4,8-9,17H2,1-2H3,(H,18,19). The number of amides is 1. The van der Waals surface area contributed by atoms with Crippen molar-refractivity contribution in [2.75, 3.05) is 6.54 Å². The number of nitrogens with two attached hydrogens (primary N) is 1. The summed E-state index contributed by atoms with van der Waals surface area (Å²) in [5.74, 6) is -2.26. The molecule has 0 fully saturated rings. The second kappa shape index (κ2) is 6.61. The van der Waals surface area contributed by atoms with Gasteiger partial charge in [0.05, 0.1) is 12.0 Å². The van der Waals surface area contributed by atoms with E-state index in [1.807, 2.05) is 13.8 Å². The van der Waals surface area contributed by atoms with Gasteiger partial charge in [0.15, 0.2) is 11.6 Å². The quantitative estimate of drug-likeness (QED) is 0.832. The van der Waals surface area contributed by atoms with Gasteiger partial charge in [-0.2, -0.15) is 0 Å². The van der Waals surface area contributed by atoms with Crippen molar-refractivity contribution in [2.24, 2.45) is 5.73 Å². The fourth-order valence-electron chi connectivity index (χ4n) is 1.96. The lowest BCUT2D eigenvalue weighted by molar-refractivity contribution is -0.122. The Hall–Kier alpha value is -1.49. The van der Waals surface area contributed by atoms with Crippen LogP contribution in [0.3, 0.4) is 0 Å². The SMILES string of the molecule is CCC(CC)(CN)NC(=O)Cc1cccc(F)c1F. The van der Waals surface area contributed by atoms with E-state index in [4.69, 9.17) is 5.73 Å². The van der Waals surface area contributed by atoms with E-state index in [0.29, 0.717) is 19.4 Å². The number of rotatable bonds is 6. The molecule has 19 heavy (non-hydrogen) atoms. The molecule has 0 atom stereocenters. The maximum Gasteiger partial charge on any atom is 0.225 e. The molecule has 0 spiro atoms. The van der Waals surface area contributed by atoms with Crippen LogP contribution in [0.4, 0.5) is 8.78 Å². The zero-order valence-corrected chi connectivity index (χ0v) is 11.3. The van der Waals surface area contributed by atoms with E-state index in [2.05, 4.69) is 5.32 Å². The molecule has 0 bridgehead atoms. The van der Waals surface area contributed by atoms with Gasteiger partial charge < -0.3 is 11.1 Å². The Bertz CT molecular complexity index is 437. The van der Waals surface area contributed by atoms with E-state index < -0.39 is 17.2 Å². The van der Waals surface area contributed by atoms with Crippen molar-refractivity contribution in [2.45, 2.75) is 38.6 Å². The van der Waals surface area contributed by atoms with Crippen LogP contribution in [-0.4, -0.2) is 18.0 Å². The summed E-state index contributed by atoms with van der Waals surface area (Å²) in [4.78, 5) is 11.9. The Balaban J connectivity index is 2.78. The normalized spacial score (nSPS) is 11.4. The van der Waals surface area contributed by atoms with Crippen molar-refractivity contribution in [3.8, 4) is 0 Å². The Morgan fingerprint density at radius 1 is 1.32 bits per heavy atom. The molecule has 0 aromatic heterocycles. The molecule has 3 nitrogen and oxygen atoms in total. The highest BCUT2D eigenvalue weighted by molar-refractivity contribution is 5.79. The van der Waals surface area contributed by atoms with Gasteiger partial charge in [0.1, 0.15) is 0 Å². The first kappa shape index (κ1) is 15.6. The largest absolute Gasteiger partial charge is 0.349 e. The molecule has 106 valence electrons. The Kier molecular flexibility index (Phi) is 5.42. The Morgan fingerprint density at radius 2 is 1.95 bits per heavy atom. The van der Waals surface area contributed by atoms with Crippen molar-refractivity contribution in [1.82, 2.24) is 5.32 Å². The monoisotopic (exact) mass is 270 g/mol. The van der Waals surface area contributed by atoms with Gasteiger partial charge in [-0.25, -0.2) is 8.78 Å². The maximum atomic E-state index is 13.5. The summed E-state index contributed by atoms with van der Waals surface area (Å²) in [7, 11) is 0. The average Bonchev–Trinajstić information content (AvgIpc) is 2.41. The Labute approximate surface area is 112 Å². The second-order valence-electron chi connectivity index (χ2n) is 4.63. The van der Waals surface area contributed by atoms with Crippen molar-refractivity contribution >= 4 is 5.91 Å². The number of benzene rings is 1. The van der Waals surface area contributed by atoms with Crippen LogP contribution in [-0.2, 0) is 11.2 Å². The minimum absolute atomic E-state index is 0.0515. The van der Waals surface area contributed by atoms with Crippen LogP contribution in [0.2, 0.25) is 0 Å². The van der Waals surface area contributed by atoms with E-state index >= 15 is 0 Å². The zero-order valence-electron chi connectivity index (χ0n) is 11.3. The third-order valence-electron chi connectivity index (χ3n) is 3.53. The molecule has 1 rings (SSSR count). The molecule has 0 saturated heterocycles. The molecule has 0 aliphatic carbocycles. The lowest BCUT2D eigenvalue weighted by Gasteiger charge is -2.31. The van der Waals surface area contributed by atoms with Crippen LogP contribution in [0.15, 0.2) is 18.2 Å². The predicted octanol–water partition coefficient (Wildman–Crippen LogP) is 2.14. The second-order valence-corrected chi connectivity index (χ2v) is 4.63. The fraction of sp³-hybridized carbons (Fsp3) is 0.500. The van der Waals surface area contributed by atoms with Crippen LogP contribution >= 0.6 is 0 Å². The lowest BCUT2D eigenvalue weighted by Crippen LogP contribution is -2.53. The molecular formula is C14H20F2N2O. The van der Waals surface area contributed by atoms with Crippen LogP contribution in [0, 0.1) is 11.6 Å². The number of nitrogens with one attached hydrogen (secondary N) is 1. The molecule has 0 aliphatic heterocycles. The number of hydrogen-bond acceptors (Lipinski definition) is 2. The minimum Gasteiger partial charge on any atom is -0.349 e. The molecule has 5 heteroatoms. The van der Waals surface area contributed by atoms with Crippen molar-refractivity contribution < 1.29 is 13.6 Å². The van der Waals surface area contributed by atoms with Gasteiger partial charge in [0.2, 0.25) is 5.91 Å². The molecule has 1 amide bonds. The maximum absolute atomic E-state index is 13.5. The third-order valence-corrected chi connectivity index (χ3v) is 3.53. The summed E-state index contributed by atoms with van der Waals surface area (Å²) < 4.78 is 26.5. The highest BCUT2D eigenvalue weighted by Crippen LogP contribution is 2.15.